The van der Waals surface area contributed by atoms with Gasteiger partial charge in [-0.2, -0.15) is 0 Å². The van der Waals surface area contributed by atoms with Crippen LogP contribution in [-0.2, 0) is 13.0 Å². The molecule has 0 saturated carbocycles. The average Bonchev–Trinajstić information content (AvgIpc) is 2.46. The summed E-state index contributed by atoms with van der Waals surface area (Å²) in [5, 5.41) is 3.80. The molecule has 4 heteroatoms. The van der Waals surface area contributed by atoms with Crippen LogP contribution >= 0.6 is 11.6 Å². The van der Waals surface area contributed by atoms with Crippen LogP contribution in [0.25, 0.3) is 0 Å². The van der Waals surface area contributed by atoms with Gasteiger partial charge in [-0.05, 0) is 24.6 Å². The number of hydrogen-bond acceptors (Lipinski definition) is 3. The molecular formula is C15H17ClN2O. The second kappa shape index (κ2) is 6.43. The fourth-order valence-corrected chi connectivity index (χ4v) is 2.05. The molecular weight excluding hydrogens is 260 g/mol. The van der Waals surface area contributed by atoms with E-state index in [1.807, 2.05) is 43.4 Å². The minimum atomic E-state index is 0.399. The fourth-order valence-electron chi connectivity index (χ4n) is 1.82. The molecule has 1 heterocycles. The van der Waals surface area contributed by atoms with Gasteiger partial charge >= 0.3 is 0 Å². The van der Waals surface area contributed by atoms with Crippen LogP contribution in [0.1, 0.15) is 18.2 Å². The standard InChI is InChI=1S/C15H17ClN2O/c1-3-11-6-4-9-15(18-11)19-10-12-13(16)7-5-8-14(12)17-2/h4-9,17H,3,10H2,1-2H3. The third-order valence-electron chi connectivity index (χ3n) is 2.90. The summed E-state index contributed by atoms with van der Waals surface area (Å²) < 4.78 is 5.72. The zero-order valence-corrected chi connectivity index (χ0v) is 11.9. The van der Waals surface area contributed by atoms with Gasteiger partial charge in [-0.25, -0.2) is 4.98 Å². The molecule has 0 unspecified atom stereocenters. The van der Waals surface area contributed by atoms with Gasteiger partial charge in [-0.1, -0.05) is 30.7 Å². The molecule has 1 N–H and O–H groups in total. The first-order valence-electron chi connectivity index (χ1n) is 6.28. The van der Waals surface area contributed by atoms with Crippen LogP contribution in [0.15, 0.2) is 36.4 Å². The molecule has 1 aromatic carbocycles. The van der Waals surface area contributed by atoms with E-state index in [1.165, 1.54) is 0 Å². The zero-order chi connectivity index (χ0) is 13.7. The van der Waals surface area contributed by atoms with Gasteiger partial charge in [0, 0.05) is 35.1 Å². The second-order valence-corrected chi connectivity index (χ2v) is 4.53. The lowest BCUT2D eigenvalue weighted by molar-refractivity contribution is 0.294. The Bertz CT molecular complexity index is 558. The predicted molar refractivity (Wildman–Crippen MR) is 78.9 cm³/mol. The predicted octanol–water partition coefficient (Wildman–Crippen LogP) is 3.92. The Hall–Kier alpha value is -1.74. The first-order chi connectivity index (χ1) is 9.24. The molecule has 100 valence electrons. The van der Waals surface area contributed by atoms with E-state index in [4.69, 9.17) is 16.3 Å². The van der Waals surface area contributed by atoms with E-state index in [1.54, 1.807) is 0 Å². The van der Waals surface area contributed by atoms with E-state index >= 15 is 0 Å². The molecule has 0 fully saturated rings. The van der Waals surface area contributed by atoms with Crippen molar-refractivity contribution >= 4 is 17.3 Å². The number of anilines is 1. The lowest BCUT2D eigenvalue weighted by atomic mass is 10.2. The van der Waals surface area contributed by atoms with Crippen LogP contribution in [0.5, 0.6) is 5.88 Å². The first kappa shape index (κ1) is 13.7. The topological polar surface area (TPSA) is 34.1 Å². The molecule has 0 aliphatic rings. The molecule has 2 aromatic rings. The number of benzene rings is 1. The number of nitrogens with one attached hydrogen (secondary N) is 1. The number of hydrogen-bond donors (Lipinski definition) is 1. The molecule has 0 spiro atoms. The summed E-state index contributed by atoms with van der Waals surface area (Å²) in [7, 11) is 1.87. The van der Waals surface area contributed by atoms with E-state index in [0.29, 0.717) is 17.5 Å². The normalized spacial score (nSPS) is 10.3. The monoisotopic (exact) mass is 276 g/mol. The van der Waals surface area contributed by atoms with Gasteiger partial charge in [0.15, 0.2) is 0 Å². The van der Waals surface area contributed by atoms with Gasteiger partial charge in [0.2, 0.25) is 5.88 Å². The molecule has 1 aromatic heterocycles. The van der Waals surface area contributed by atoms with Crippen LogP contribution in [0.2, 0.25) is 5.02 Å². The Balaban J connectivity index is 2.14. The van der Waals surface area contributed by atoms with Gasteiger partial charge in [0.25, 0.3) is 0 Å². The van der Waals surface area contributed by atoms with E-state index in [0.717, 1.165) is 23.4 Å². The first-order valence-corrected chi connectivity index (χ1v) is 6.66. The molecule has 0 bridgehead atoms. The fraction of sp³-hybridized carbons (Fsp3) is 0.267. The number of aromatic nitrogens is 1. The number of nitrogens with zero attached hydrogens (tertiary/aromatic N) is 1. The molecule has 0 saturated heterocycles. The minimum Gasteiger partial charge on any atom is -0.473 e. The van der Waals surface area contributed by atoms with Gasteiger partial charge < -0.3 is 10.1 Å². The molecule has 0 amide bonds. The van der Waals surface area contributed by atoms with Crippen molar-refractivity contribution in [3.63, 3.8) is 0 Å². The summed E-state index contributed by atoms with van der Waals surface area (Å²) in [5.74, 6) is 0.626. The van der Waals surface area contributed by atoms with Crippen molar-refractivity contribution < 1.29 is 4.74 Å². The molecule has 2 rings (SSSR count). The lowest BCUT2D eigenvalue weighted by Crippen LogP contribution is -2.03. The Kier molecular flexibility index (Phi) is 4.63. The van der Waals surface area contributed by atoms with Crippen molar-refractivity contribution in [2.75, 3.05) is 12.4 Å². The highest BCUT2D eigenvalue weighted by Gasteiger charge is 2.07. The molecule has 0 aliphatic carbocycles. The number of halogens is 1. The number of pyridine rings is 1. The van der Waals surface area contributed by atoms with Crippen molar-refractivity contribution in [1.29, 1.82) is 0 Å². The Morgan fingerprint density at radius 3 is 2.74 bits per heavy atom. The quantitative estimate of drug-likeness (QED) is 0.899. The highest BCUT2D eigenvalue weighted by molar-refractivity contribution is 6.31. The van der Waals surface area contributed by atoms with Crippen LogP contribution in [0.4, 0.5) is 5.69 Å². The summed E-state index contributed by atoms with van der Waals surface area (Å²) in [6.07, 6.45) is 0.894. The van der Waals surface area contributed by atoms with E-state index in [9.17, 15) is 0 Å². The maximum absolute atomic E-state index is 6.19. The molecule has 0 aliphatic heterocycles. The van der Waals surface area contributed by atoms with Crippen molar-refractivity contribution in [2.24, 2.45) is 0 Å². The number of ether oxygens (including phenoxy) is 1. The van der Waals surface area contributed by atoms with Crippen LogP contribution in [-0.4, -0.2) is 12.0 Å². The van der Waals surface area contributed by atoms with Crippen LogP contribution < -0.4 is 10.1 Å². The maximum atomic E-state index is 6.19. The van der Waals surface area contributed by atoms with Crippen molar-refractivity contribution in [3.8, 4) is 5.88 Å². The SMILES string of the molecule is CCc1cccc(OCc2c(Cl)cccc2NC)n1. The van der Waals surface area contributed by atoms with Crippen molar-refractivity contribution in [2.45, 2.75) is 20.0 Å². The van der Waals surface area contributed by atoms with Gasteiger partial charge in [-0.3, -0.25) is 0 Å². The highest BCUT2D eigenvalue weighted by Crippen LogP contribution is 2.25. The van der Waals surface area contributed by atoms with E-state index in [2.05, 4.69) is 17.2 Å². The lowest BCUT2D eigenvalue weighted by Gasteiger charge is -2.12. The average molecular weight is 277 g/mol. The third kappa shape index (κ3) is 3.38. The zero-order valence-electron chi connectivity index (χ0n) is 11.1. The third-order valence-corrected chi connectivity index (χ3v) is 3.25. The van der Waals surface area contributed by atoms with E-state index < -0.39 is 0 Å². The molecule has 0 atom stereocenters. The smallest absolute Gasteiger partial charge is 0.213 e. The summed E-state index contributed by atoms with van der Waals surface area (Å²) in [6, 6.07) is 11.5. The Morgan fingerprint density at radius 2 is 2.00 bits per heavy atom. The van der Waals surface area contributed by atoms with Gasteiger partial charge in [0.05, 0.1) is 0 Å². The van der Waals surface area contributed by atoms with Gasteiger partial charge in [-0.15, -0.1) is 0 Å². The Labute approximate surface area is 118 Å². The summed E-state index contributed by atoms with van der Waals surface area (Å²) >= 11 is 6.19. The number of rotatable bonds is 5. The molecule has 19 heavy (non-hydrogen) atoms. The summed E-state index contributed by atoms with van der Waals surface area (Å²) in [5.41, 5.74) is 2.93. The summed E-state index contributed by atoms with van der Waals surface area (Å²) in [4.78, 5) is 4.41. The largest absolute Gasteiger partial charge is 0.473 e. The van der Waals surface area contributed by atoms with Crippen LogP contribution in [0, 0.1) is 0 Å². The second-order valence-electron chi connectivity index (χ2n) is 4.13. The van der Waals surface area contributed by atoms with Crippen molar-refractivity contribution in [1.82, 2.24) is 4.98 Å². The Morgan fingerprint density at radius 1 is 1.21 bits per heavy atom. The molecule has 3 nitrogen and oxygen atoms in total. The van der Waals surface area contributed by atoms with Crippen molar-refractivity contribution in [3.05, 3.63) is 52.7 Å². The van der Waals surface area contributed by atoms with Crippen LogP contribution in [0.3, 0.4) is 0 Å². The highest BCUT2D eigenvalue weighted by atomic mass is 35.5. The summed E-state index contributed by atoms with van der Waals surface area (Å²) in [6.45, 7) is 2.47. The maximum Gasteiger partial charge on any atom is 0.213 e. The van der Waals surface area contributed by atoms with E-state index in [-0.39, 0.29) is 0 Å². The molecule has 0 radical (unpaired) electrons. The minimum absolute atomic E-state index is 0.399. The van der Waals surface area contributed by atoms with Gasteiger partial charge in [0.1, 0.15) is 6.61 Å². The number of aryl methyl sites for hydroxylation is 1.